The molecule has 0 aliphatic carbocycles. The maximum absolute atomic E-state index is 12.2. The van der Waals surface area contributed by atoms with Crippen LogP contribution < -0.4 is 10.0 Å². The molecule has 0 atom stereocenters. The Bertz CT molecular complexity index is 665. The maximum Gasteiger partial charge on any atom is 0.280 e. The van der Waals surface area contributed by atoms with Crippen LogP contribution in [0.4, 0.5) is 5.82 Å². The minimum Gasteiger partial charge on any atom is -0.316 e. The van der Waals surface area contributed by atoms with Gasteiger partial charge in [-0.2, -0.15) is 13.5 Å². The van der Waals surface area contributed by atoms with Crippen LogP contribution in [0.3, 0.4) is 0 Å². The van der Waals surface area contributed by atoms with Crippen molar-refractivity contribution in [2.45, 2.75) is 18.5 Å². The Labute approximate surface area is 111 Å². The Hall–Kier alpha value is -1.93. The lowest BCUT2D eigenvalue weighted by molar-refractivity contribution is 0.595. The minimum absolute atomic E-state index is 0.0464. The first kappa shape index (κ1) is 13.5. The number of hydrogen-bond donors (Lipinski definition) is 3. The monoisotopic (exact) mass is 281 g/mol. The van der Waals surface area contributed by atoms with E-state index in [-0.39, 0.29) is 10.8 Å². The summed E-state index contributed by atoms with van der Waals surface area (Å²) in [5.41, 5.74) is 1.31. The van der Waals surface area contributed by atoms with E-state index in [1.807, 2.05) is 0 Å². The standard InChI is InChI=1S/C11H15N5O2S/c1-8-4-3-5-10(14-8)16-19(17,18)11-9(6-12-2)7-13-15-11/h3-5,7,12H,6H2,1-2H3,(H,13,15)(H,14,16). The maximum atomic E-state index is 12.2. The second kappa shape index (κ2) is 5.37. The molecule has 0 amide bonds. The number of H-pyrrole nitrogens is 1. The molecule has 0 spiro atoms. The summed E-state index contributed by atoms with van der Waals surface area (Å²) in [6.07, 6.45) is 1.48. The summed E-state index contributed by atoms with van der Waals surface area (Å²) in [6, 6.07) is 5.13. The van der Waals surface area contributed by atoms with Crippen molar-refractivity contribution in [3.05, 3.63) is 35.7 Å². The lowest BCUT2D eigenvalue weighted by Crippen LogP contribution is -2.17. The van der Waals surface area contributed by atoms with Crippen molar-refractivity contribution in [1.29, 1.82) is 0 Å². The second-order valence-electron chi connectivity index (χ2n) is 4.02. The van der Waals surface area contributed by atoms with E-state index in [0.29, 0.717) is 12.1 Å². The van der Waals surface area contributed by atoms with E-state index in [1.54, 1.807) is 32.2 Å². The first-order valence-corrected chi connectivity index (χ1v) is 7.14. The molecule has 0 saturated carbocycles. The number of nitrogens with one attached hydrogen (secondary N) is 3. The third kappa shape index (κ3) is 3.09. The summed E-state index contributed by atoms with van der Waals surface area (Å²) in [5.74, 6) is 0.282. The highest BCUT2D eigenvalue weighted by molar-refractivity contribution is 7.92. The van der Waals surface area contributed by atoms with Crippen LogP contribution in [0.15, 0.2) is 29.4 Å². The van der Waals surface area contributed by atoms with Crippen molar-refractivity contribution in [2.75, 3.05) is 11.8 Å². The minimum atomic E-state index is -3.71. The van der Waals surface area contributed by atoms with Gasteiger partial charge in [0.15, 0.2) is 5.03 Å². The number of aryl methyl sites for hydroxylation is 1. The van der Waals surface area contributed by atoms with Crippen LogP contribution in [0, 0.1) is 6.92 Å². The zero-order valence-corrected chi connectivity index (χ0v) is 11.5. The summed E-state index contributed by atoms with van der Waals surface area (Å²) in [5, 5.41) is 9.19. The third-order valence-corrected chi connectivity index (χ3v) is 3.81. The number of nitrogens with zero attached hydrogens (tertiary/aromatic N) is 2. The topological polar surface area (TPSA) is 99.8 Å². The molecule has 8 heteroatoms. The van der Waals surface area contributed by atoms with Gasteiger partial charge in [0.1, 0.15) is 5.82 Å². The molecular formula is C11H15N5O2S. The summed E-state index contributed by atoms with van der Waals surface area (Å²) in [6.45, 7) is 2.20. The first-order valence-electron chi connectivity index (χ1n) is 5.66. The lowest BCUT2D eigenvalue weighted by Gasteiger charge is -2.07. The summed E-state index contributed by atoms with van der Waals surface area (Å²) in [4.78, 5) is 4.10. The quantitative estimate of drug-likeness (QED) is 0.746. The molecule has 2 heterocycles. The molecule has 2 rings (SSSR count). The second-order valence-corrected chi connectivity index (χ2v) is 5.64. The van der Waals surface area contributed by atoms with Gasteiger partial charge >= 0.3 is 0 Å². The van der Waals surface area contributed by atoms with Crippen molar-refractivity contribution in [3.63, 3.8) is 0 Å². The van der Waals surface area contributed by atoms with Gasteiger partial charge in [0.05, 0.1) is 6.20 Å². The Balaban J connectivity index is 2.30. The Kier molecular flexibility index (Phi) is 3.82. The van der Waals surface area contributed by atoms with Crippen molar-refractivity contribution < 1.29 is 8.42 Å². The molecule has 0 bridgehead atoms. The normalized spacial score (nSPS) is 11.5. The van der Waals surface area contributed by atoms with Crippen LogP contribution in [0.1, 0.15) is 11.3 Å². The number of pyridine rings is 1. The van der Waals surface area contributed by atoms with Gasteiger partial charge in [-0.15, -0.1) is 0 Å². The van der Waals surface area contributed by atoms with Gasteiger partial charge in [-0.1, -0.05) is 6.07 Å². The summed E-state index contributed by atoms with van der Waals surface area (Å²) >= 11 is 0. The zero-order valence-electron chi connectivity index (χ0n) is 10.6. The molecular weight excluding hydrogens is 266 g/mol. The van der Waals surface area contributed by atoms with E-state index in [2.05, 4.69) is 25.2 Å². The summed E-state index contributed by atoms with van der Waals surface area (Å²) in [7, 11) is -1.98. The molecule has 102 valence electrons. The summed E-state index contributed by atoms with van der Waals surface area (Å²) < 4.78 is 26.9. The molecule has 0 fully saturated rings. The average Bonchev–Trinajstić information content (AvgIpc) is 2.78. The fourth-order valence-corrected chi connectivity index (χ4v) is 2.77. The van der Waals surface area contributed by atoms with Crippen LogP contribution in [-0.2, 0) is 16.6 Å². The number of aromatic amines is 1. The Morgan fingerprint density at radius 1 is 1.37 bits per heavy atom. The van der Waals surface area contributed by atoms with Gasteiger partial charge in [-0.05, 0) is 26.1 Å². The van der Waals surface area contributed by atoms with Crippen LogP contribution in [0.2, 0.25) is 0 Å². The molecule has 0 unspecified atom stereocenters. The highest BCUT2D eigenvalue weighted by Crippen LogP contribution is 2.16. The van der Waals surface area contributed by atoms with Crippen LogP contribution in [0.25, 0.3) is 0 Å². The average molecular weight is 281 g/mol. The number of anilines is 1. The van der Waals surface area contributed by atoms with E-state index < -0.39 is 10.0 Å². The molecule has 0 aromatic carbocycles. The molecule has 0 aliphatic heterocycles. The molecule has 0 radical (unpaired) electrons. The van der Waals surface area contributed by atoms with E-state index in [1.165, 1.54) is 6.20 Å². The van der Waals surface area contributed by atoms with Crippen molar-refractivity contribution >= 4 is 15.8 Å². The lowest BCUT2D eigenvalue weighted by atomic mass is 10.4. The predicted molar refractivity (Wildman–Crippen MR) is 71.1 cm³/mol. The Morgan fingerprint density at radius 3 is 2.84 bits per heavy atom. The van der Waals surface area contributed by atoms with E-state index in [9.17, 15) is 8.42 Å². The van der Waals surface area contributed by atoms with Gasteiger partial charge in [-0.3, -0.25) is 9.82 Å². The largest absolute Gasteiger partial charge is 0.316 e. The molecule has 0 saturated heterocycles. The van der Waals surface area contributed by atoms with E-state index >= 15 is 0 Å². The van der Waals surface area contributed by atoms with Gasteiger partial charge in [0.25, 0.3) is 10.0 Å². The fraction of sp³-hybridized carbons (Fsp3) is 0.273. The molecule has 3 N–H and O–H groups in total. The van der Waals surface area contributed by atoms with E-state index in [4.69, 9.17) is 0 Å². The third-order valence-electron chi connectivity index (χ3n) is 2.44. The number of rotatable bonds is 5. The van der Waals surface area contributed by atoms with Crippen molar-refractivity contribution in [1.82, 2.24) is 20.5 Å². The fourth-order valence-electron chi connectivity index (χ4n) is 1.64. The van der Waals surface area contributed by atoms with Gasteiger partial charge < -0.3 is 5.32 Å². The van der Waals surface area contributed by atoms with Gasteiger partial charge in [-0.25, -0.2) is 4.98 Å². The Morgan fingerprint density at radius 2 is 2.16 bits per heavy atom. The van der Waals surface area contributed by atoms with Gasteiger partial charge in [0, 0.05) is 17.8 Å². The number of aromatic nitrogens is 3. The zero-order chi connectivity index (χ0) is 13.9. The first-order chi connectivity index (χ1) is 9.03. The van der Waals surface area contributed by atoms with Crippen LogP contribution in [0.5, 0.6) is 0 Å². The number of sulfonamides is 1. The molecule has 19 heavy (non-hydrogen) atoms. The van der Waals surface area contributed by atoms with Crippen LogP contribution in [-0.4, -0.2) is 30.6 Å². The van der Waals surface area contributed by atoms with Crippen molar-refractivity contribution in [3.8, 4) is 0 Å². The highest BCUT2D eigenvalue weighted by Gasteiger charge is 2.21. The molecule has 2 aromatic heterocycles. The SMILES string of the molecule is CNCc1cn[nH]c1S(=O)(=O)Nc1cccc(C)n1. The number of hydrogen-bond acceptors (Lipinski definition) is 5. The highest BCUT2D eigenvalue weighted by atomic mass is 32.2. The van der Waals surface area contributed by atoms with Crippen molar-refractivity contribution in [2.24, 2.45) is 0 Å². The van der Waals surface area contributed by atoms with Gasteiger partial charge in [0.2, 0.25) is 0 Å². The molecule has 2 aromatic rings. The molecule has 0 aliphatic rings. The van der Waals surface area contributed by atoms with Crippen LogP contribution >= 0.6 is 0 Å². The van der Waals surface area contributed by atoms with E-state index in [0.717, 1.165) is 5.69 Å². The smallest absolute Gasteiger partial charge is 0.280 e. The predicted octanol–water partition coefficient (Wildman–Crippen LogP) is 0.633. The molecule has 7 nitrogen and oxygen atoms in total.